The number of allylic oxidation sites excluding steroid dienone is 4. The van der Waals surface area contributed by atoms with Crippen LogP contribution in [-0.2, 0) is 0 Å². The van der Waals surface area contributed by atoms with Crippen LogP contribution >= 0.6 is 11.6 Å². The van der Waals surface area contributed by atoms with Gasteiger partial charge in [0.1, 0.15) is 23.1 Å². The van der Waals surface area contributed by atoms with Crippen LogP contribution in [-0.4, -0.2) is 4.98 Å². The number of ether oxygens (including phenoxy) is 1. The molecule has 2 N–H and O–H groups in total. The van der Waals surface area contributed by atoms with Crippen molar-refractivity contribution in [1.82, 2.24) is 4.98 Å². The Morgan fingerprint density at radius 1 is 1.26 bits per heavy atom. The standard InChI is InChI=1S/C18H16ClFN2O/c1-3-15(23-16-8-5-14(20)6-9-16)7-4-12(2)17-10-13(19)11-18(21)22-17/h3-11H,1H2,2H3,(H2,21,22)/b12-4+,15-7+. The van der Waals surface area contributed by atoms with Crippen LogP contribution in [0.2, 0.25) is 5.02 Å². The summed E-state index contributed by atoms with van der Waals surface area (Å²) in [6.07, 6.45) is 5.12. The van der Waals surface area contributed by atoms with Crippen molar-refractivity contribution in [1.29, 1.82) is 0 Å². The molecule has 0 spiro atoms. The molecule has 0 aliphatic rings. The second-order valence-corrected chi connectivity index (χ2v) is 5.21. The van der Waals surface area contributed by atoms with Gasteiger partial charge in [0.15, 0.2) is 0 Å². The van der Waals surface area contributed by atoms with E-state index in [1.54, 1.807) is 36.4 Å². The lowest BCUT2D eigenvalue weighted by atomic mass is 10.1. The molecular formula is C18H16ClFN2O. The summed E-state index contributed by atoms with van der Waals surface area (Å²) in [4.78, 5) is 4.22. The third-order valence-corrected chi connectivity index (χ3v) is 3.18. The maximum Gasteiger partial charge on any atom is 0.127 e. The fraction of sp³-hybridized carbons (Fsp3) is 0.0556. The molecule has 0 saturated carbocycles. The highest BCUT2D eigenvalue weighted by atomic mass is 35.5. The van der Waals surface area contributed by atoms with E-state index >= 15 is 0 Å². The van der Waals surface area contributed by atoms with E-state index in [2.05, 4.69) is 11.6 Å². The molecule has 0 aliphatic carbocycles. The van der Waals surface area contributed by atoms with Crippen molar-refractivity contribution < 1.29 is 9.13 Å². The molecule has 118 valence electrons. The van der Waals surface area contributed by atoms with Crippen molar-refractivity contribution in [2.24, 2.45) is 0 Å². The molecule has 23 heavy (non-hydrogen) atoms. The number of benzene rings is 1. The molecule has 1 heterocycles. The predicted octanol–water partition coefficient (Wildman–Crippen LogP) is 5.01. The van der Waals surface area contributed by atoms with Gasteiger partial charge in [-0.1, -0.05) is 24.3 Å². The summed E-state index contributed by atoms with van der Waals surface area (Å²) < 4.78 is 18.5. The van der Waals surface area contributed by atoms with Crippen molar-refractivity contribution in [3.8, 4) is 5.75 Å². The number of nitrogens with two attached hydrogens (primary N) is 1. The molecular weight excluding hydrogens is 315 g/mol. The molecule has 0 bridgehead atoms. The van der Waals surface area contributed by atoms with Crippen LogP contribution in [0.3, 0.4) is 0 Å². The molecule has 0 amide bonds. The molecule has 0 atom stereocenters. The molecule has 0 fully saturated rings. The molecule has 0 saturated heterocycles. The number of aromatic nitrogens is 1. The Morgan fingerprint density at radius 3 is 2.57 bits per heavy atom. The quantitative estimate of drug-likeness (QED) is 0.619. The van der Waals surface area contributed by atoms with Gasteiger partial charge in [-0.15, -0.1) is 0 Å². The first-order valence-electron chi connectivity index (χ1n) is 6.86. The first-order chi connectivity index (χ1) is 11.0. The summed E-state index contributed by atoms with van der Waals surface area (Å²) in [6.45, 7) is 5.58. The SMILES string of the molecule is C=C/C(=C\C=C(/C)c1cc(Cl)cc(N)n1)Oc1ccc(F)cc1. The third kappa shape index (κ3) is 4.97. The lowest BCUT2D eigenvalue weighted by molar-refractivity contribution is 0.443. The maximum atomic E-state index is 12.9. The van der Waals surface area contributed by atoms with E-state index < -0.39 is 0 Å². The molecule has 0 aliphatic heterocycles. The largest absolute Gasteiger partial charge is 0.457 e. The van der Waals surface area contributed by atoms with Gasteiger partial charge in [0.25, 0.3) is 0 Å². The Balaban J connectivity index is 2.19. The highest BCUT2D eigenvalue weighted by Gasteiger charge is 2.02. The average Bonchev–Trinajstić information content (AvgIpc) is 2.52. The van der Waals surface area contributed by atoms with Gasteiger partial charge in [-0.25, -0.2) is 9.37 Å². The zero-order chi connectivity index (χ0) is 16.8. The van der Waals surface area contributed by atoms with Gasteiger partial charge in [-0.3, -0.25) is 0 Å². The minimum Gasteiger partial charge on any atom is -0.457 e. The van der Waals surface area contributed by atoms with Gasteiger partial charge in [0.2, 0.25) is 0 Å². The van der Waals surface area contributed by atoms with Crippen molar-refractivity contribution >= 4 is 23.0 Å². The van der Waals surface area contributed by atoms with Crippen LogP contribution in [0.25, 0.3) is 5.57 Å². The first-order valence-corrected chi connectivity index (χ1v) is 7.23. The van der Waals surface area contributed by atoms with Gasteiger partial charge in [0.05, 0.1) is 5.69 Å². The molecule has 0 radical (unpaired) electrons. The number of rotatable bonds is 5. The number of hydrogen-bond acceptors (Lipinski definition) is 3. The fourth-order valence-electron chi connectivity index (χ4n) is 1.79. The Kier molecular flexibility index (Phi) is 5.55. The summed E-state index contributed by atoms with van der Waals surface area (Å²) in [6, 6.07) is 9.06. The van der Waals surface area contributed by atoms with Crippen molar-refractivity contribution in [3.63, 3.8) is 0 Å². The Bertz CT molecular complexity index is 747. The maximum absolute atomic E-state index is 12.9. The molecule has 5 heteroatoms. The number of nitrogen functional groups attached to an aromatic ring is 1. The highest BCUT2D eigenvalue weighted by Crippen LogP contribution is 2.20. The summed E-state index contributed by atoms with van der Waals surface area (Å²) in [5, 5.41) is 0.524. The average molecular weight is 331 g/mol. The number of anilines is 1. The number of nitrogens with zero attached hydrogens (tertiary/aromatic N) is 1. The van der Waals surface area contributed by atoms with Crippen LogP contribution in [0.1, 0.15) is 12.6 Å². The van der Waals surface area contributed by atoms with E-state index in [4.69, 9.17) is 22.1 Å². The monoisotopic (exact) mass is 330 g/mol. The van der Waals surface area contributed by atoms with Crippen LogP contribution in [0.5, 0.6) is 5.75 Å². The first kappa shape index (κ1) is 16.8. The lowest BCUT2D eigenvalue weighted by Gasteiger charge is -2.06. The van der Waals surface area contributed by atoms with Gasteiger partial charge >= 0.3 is 0 Å². The van der Waals surface area contributed by atoms with Gasteiger partial charge in [-0.05, 0) is 61.0 Å². The highest BCUT2D eigenvalue weighted by molar-refractivity contribution is 6.30. The predicted molar refractivity (Wildman–Crippen MR) is 92.6 cm³/mol. The summed E-state index contributed by atoms with van der Waals surface area (Å²) in [5.74, 6) is 1.08. The minimum absolute atomic E-state index is 0.318. The van der Waals surface area contributed by atoms with Crippen LogP contribution in [0, 0.1) is 5.82 Å². The zero-order valence-corrected chi connectivity index (χ0v) is 13.3. The normalized spacial score (nSPS) is 12.1. The van der Waals surface area contributed by atoms with Crippen LogP contribution in [0.4, 0.5) is 10.2 Å². The van der Waals surface area contributed by atoms with Crippen LogP contribution < -0.4 is 10.5 Å². The second-order valence-electron chi connectivity index (χ2n) is 4.77. The van der Waals surface area contributed by atoms with E-state index in [0.29, 0.717) is 28.0 Å². The van der Waals surface area contributed by atoms with Crippen molar-refractivity contribution in [2.45, 2.75) is 6.92 Å². The number of halogens is 2. The van der Waals surface area contributed by atoms with Crippen molar-refractivity contribution in [3.05, 3.63) is 83.5 Å². The molecule has 3 nitrogen and oxygen atoms in total. The third-order valence-electron chi connectivity index (χ3n) is 2.96. The molecule has 1 aromatic heterocycles. The second kappa shape index (κ2) is 7.61. The fourth-order valence-corrected chi connectivity index (χ4v) is 2.01. The number of hydrogen-bond donors (Lipinski definition) is 1. The topological polar surface area (TPSA) is 48.1 Å². The minimum atomic E-state index is -0.318. The summed E-state index contributed by atoms with van der Waals surface area (Å²) >= 11 is 5.97. The van der Waals surface area contributed by atoms with E-state index in [-0.39, 0.29) is 5.82 Å². The molecule has 1 aromatic carbocycles. The van der Waals surface area contributed by atoms with E-state index in [1.165, 1.54) is 12.1 Å². The van der Waals surface area contributed by atoms with Gasteiger partial charge in [0, 0.05) is 5.02 Å². The van der Waals surface area contributed by atoms with Crippen molar-refractivity contribution in [2.75, 3.05) is 5.73 Å². The molecule has 2 aromatic rings. The van der Waals surface area contributed by atoms with E-state index in [9.17, 15) is 4.39 Å². The Labute approximate surface area is 139 Å². The lowest BCUT2D eigenvalue weighted by Crippen LogP contribution is -1.94. The molecule has 2 rings (SSSR count). The Morgan fingerprint density at radius 2 is 1.96 bits per heavy atom. The van der Waals surface area contributed by atoms with E-state index in [1.807, 2.05) is 13.0 Å². The zero-order valence-electron chi connectivity index (χ0n) is 12.6. The van der Waals surface area contributed by atoms with E-state index in [0.717, 1.165) is 5.57 Å². The smallest absolute Gasteiger partial charge is 0.127 e. The van der Waals surface area contributed by atoms with Gasteiger partial charge in [-0.2, -0.15) is 0 Å². The Hall–Kier alpha value is -2.59. The number of pyridine rings is 1. The van der Waals surface area contributed by atoms with Gasteiger partial charge < -0.3 is 10.5 Å². The van der Waals surface area contributed by atoms with Crippen LogP contribution in [0.15, 0.2) is 67.0 Å². The molecule has 0 unspecified atom stereocenters. The summed E-state index contributed by atoms with van der Waals surface area (Å²) in [7, 11) is 0. The summed E-state index contributed by atoms with van der Waals surface area (Å²) in [5.41, 5.74) is 7.22.